The predicted molar refractivity (Wildman–Crippen MR) is 101 cm³/mol. The molecule has 1 aliphatic rings. The molecule has 0 aromatic heterocycles. The first-order valence-corrected chi connectivity index (χ1v) is 8.46. The maximum absolute atomic E-state index is 12.8. The molecule has 28 heavy (non-hydrogen) atoms. The molecule has 0 saturated carbocycles. The van der Waals surface area contributed by atoms with E-state index in [9.17, 15) is 20.0 Å². The normalized spacial score (nSPS) is 18.0. The van der Waals surface area contributed by atoms with Crippen LogP contribution in [-0.4, -0.2) is 42.5 Å². The highest BCUT2D eigenvalue weighted by Gasteiger charge is 2.47. The van der Waals surface area contributed by atoms with E-state index in [4.69, 9.17) is 9.47 Å². The standard InChI is InChI=1S/C21H18N2O5/c1-27-14-8-9-16(28-2)15(12-14)18-17(19(24)13-6-4-3-5-7-13)20(25)21(26)23(18)11-10-22/h3-9,12,18,24H,11H2,1-2H3/t18-/m1/s1. The molecule has 7 heteroatoms. The number of methoxy groups -OCH3 is 2. The highest BCUT2D eigenvalue weighted by molar-refractivity contribution is 6.46. The van der Waals surface area contributed by atoms with E-state index in [1.165, 1.54) is 14.2 Å². The number of hydrogen-bond donors (Lipinski definition) is 1. The van der Waals surface area contributed by atoms with Crippen molar-refractivity contribution in [2.45, 2.75) is 6.04 Å². The quantitative estimate of drug-likeness (QED) is 0.372. The molecule has 7 nitrogen and oxygen atoms in total. The number of amides is 1. The number of nitriles is 1. The summed E-state index contributed by atoms with van der Waals surface area (Å²) >= 11 is 0. The SMILES string of the molecule is COc1ccc(OC)c([C@@H]2C(=C(O)c3ccccc3)C(=O)C(=O)N2CC#N)c1. The molecule has 1 N–H and O–H groups in total. The lowest BCUT2D eigenvalue weighted by molar-refractivity contribution is -0.139. The van der Waals surface area contributed by atoms with Gasteiger partial charge in [-0.1, -0.05) is 30.3 Å². The Labute approximate surface area is 162 Å². The lowest BCUT2D eigenvalue weighted by Crippen LogP contribution is -2.30. The fourth-order valence-corrected chi connectivity index (χ4v) is 3.25. The molecule has 0 unspecified atom stereocenters. The average Bonchev–Trinajstić information content (AvgIpc) is 2.98. The van der Waals surface area contributed by atoms with Crippen LogP contribution in [-0.2, 0) is 9.59 Å². The number of Topliss-reactive ketones (excluding diaryl/α,β-unsaturated/α-hetero) is 1. The summed E-state index contributed by atoms with van der Waals surface area (Å²) in [7, 11) is 2.95. The van der Waals surface area contributed by atoms with Gasteiger partial charge in [0.25, 0.3) is 11.7 Å². The van der Waals surface area contributed by atoms with Crippen molar-refractivity contribution >= 4 is 17.4 Å². The summed E-state index contributed by atoms with van der Waals surface area (Å²) in [6, 6.07) is 14.3. The van der Waals surface area contributed by atoms with Crippen molar-refractivity contribution in [1.82, 2.24) is 4.90 Å². The molecule has 2 aromatic carbocycles. The number of nitrogens with zero attached hydrogens (tertiary/aromatic N) is 2. The highest BCUT2D eigenvalue weighted by atomic mass is 16.5. The minimum Gasteiger partial charge on any atom is -0.507 e. The summed E-state index contributed by atoms with van der Waals surface area (Å²) < 4.78 is 10.7. The van der Waals surface area contributed by atoms with Crippen molar-refractivity contribution in [3.63, 3.8) is 0 Å². The van der Waals surface area contributed by atoms with Crippen LogP contribution in [0.5, 0.6) is 11.5 Å². The third kappa shape index (κ3) is 3.16. The Hall–Kier alpha value is -3.79. The number of rotatable bonds is 5. The fraction of sp³-hybridized carbons (Fsp3) is 0.190. The van der Waals surface area contributed by atoms with Crippen molar-refractivity contribution in [1.29, 1.82) is 5.26 Å². The molecule has 0 spiro atoms. The van der Waals surface area contributed by atoms with Gasteiger partial charge in [0.15, 0.2) is 0 Å². The molecule has 2 aromatic rings. The molecule has 1 aliphatic heterocycles. The van der Waals surface area contributed by atoms with Gasteiger partial charge in [-0.2, -0.15) is 5.26 Å². The zero-order chi connectivity index (χ0) is 20.3. The van der Waals surface area contributed by atoms with Crippen molar-refractivity contribution in [2.24, 2.45) is 0 Å². The molecule has 1 fully saturated rings. The van der Waals surface area contributed by atoms with E-state index in [2.05, 4.69) is 0 Å². The van der Waals surface area contributed by atoms with Gasteiger partial charge in [0, 0.05) is 11.1 Å². The third-order valence-corrected chi connectivity index (χ3v) is 4.56. The molecule has 0 bridgehead atoms. The topological polar surface area (TPSA) is 99.9 Å². The van der Waals surface area contributed by atoms with E-state index in [-0.39, 0.29) is 17.9 Å². The van der Waals surface area contributed by atoms with Gasteiger partial charge in [-0.15, -0.1) is 0 Å². The average molecular weight is 378 g/mol. The number of carbonyl (C=O) groups excluding carboxylic acids is 2. The van der Waals surface area contributed by atoms with Crippen LogP contribution in [0.1, 0.15) is 17.2 Å². The Balaban J connectivity index is 2.28. The maximum atomic E-state index is 12.8. The van der Waals surface area contributed by atoms with Crippen LogP contribution in [0.3, 0.4) is 0 Å². The summed E-state index contributed by atoms with van der Waals surface area (Å²) in [5, 5.41) is 20.0. The van der Waals surface area contributed by atoms with Crippen molar-refractivity contribution in [3.8, 4) is 17.6 Å². The molecule has 1 atom stereocenters. The van der Waals surface area contributed by atoms with Crippen LogP contribution in [0.4, 0.5) is 0 Å². The molecule has 1 amide bonds. The number of likely N-dealkylation sites (tertiary alicyclic amines) is 1. The van der Waals surface area contributed by atoms with Crippen molar-refractivity contribution in [2.75, 3.05) is 20.8 Å². The van der Waals surface area contributed by atoms with Gasteiger partial charge >= 0.3 is 0 Å². The van der Waals surface area contributed by atoms with Gasteiger partial charge in [-0.25, -0.2) is 0 Å². The van der Waals surface area contributed by atoms with Crippen LogP contribution in [0, 0.1) is 11.3 Å². The highest BCUT2D eigenvalue weighted by Crippen LogP contribution is 2.43. The fourth-order valence-electron chi connectivity index (χ4n) is 3.25. The maximum Gasteiger partial charge on any atom is 0.296 e. The minimum absolute atomic E-state index is 0.0991. The van der Waals surface area contributed by atoms with E-state index in [1.54, 1.807) is 48.5 Å². The van der Waals surface area contributed by atoms with Crippen LogP contribution in [0.25, 0.3) is 5.76 Å². The van der Waals surface area contributed by atoms with E-state index >= 15 is 0 Å². The second-order valence-electron chi connectivity index (χ2n) is 6.06. The number of aliphatic hydroxyl groups excluding tert-OH is 1. The molecule has 0 radical (unpaired) electrons. The number of benzene rings is 2. The first-order valence-electron chi connectivity index (χ1n) is 8.46. The Morgan fingerprint density at radius 3 is 2.46 bits per heavy atom. The zero-order valence-electron chi connectivity index (χ0n) is 15.4. The third-order valence-electron chi connectivity index (χ3n) is 4.56. The summed E-state index contributed by atoms with van der Waals surface area (Å²) in [6.45, 7) is -0.318. The van der Waals surface area contributed by atoms with Gasteiger partial charge in [0.2, 0.25) is 0 Å². The number of aliphatic hydroxyl groups is 1. The van der Waals surface area contributed by atoms with Crippen LogP contribution >= 0.6 is 0 Å². The lowest BCUT2D eigenvalue weighted by atomic mass is 9.94. The molecule has 142 valence electrons. The van der Waals surface area contributed by atoms with E-state index in [0.29, 0.717) is 22.6 Å². The summed E-state index contributed by atoms with van der Waals surface area (Å²) in [5.41, 5.74) is 0.733. The van der Waals surface area contributed by atoms with Crippen LogP contribution < -0.4 is 9.47 Å². The Kier molecular flexibility index (Phi) is 5.32. The molecular formula is C21H18N2O5. The van der Waals surface area contributed by atoms with Crippen LogP contribution in [0.2, 0.25) is 0 Å². The van der Waals surface area contributed by atoms with Crippen molar-refractivity contribution < 1.29 is 24.2 Å². The first kappa shape index (κ1) is 19.0. The molecule has 1 heterocycles. The van der Waals surface area contributed by atoms with Gasteiger partial charge in [-0.3, -0.25) is 9.59 Å². The zero-order valence-corrected chi connectivity index (χ0v) is 15.4. The summed E-state index contributed by atoms with van der Waals surface area (Å²) in [5.74, 6) is -1.14. The summed E-state index contributed by atoms with van der Waals surface area (Å²) in [4.78, 5) is 26.5. The Morgan fingerprint density at radius 2 is 1.86 bits per heavy atom. The smallest absolute Gasteiger partial charge is 0.296 e. The Morgan fingerprint density at radius 1 is 1.14 bits per heavy atom. The van der Waals surface area contributed by atoms with Gasteiger partial charge in [-0.05, 0) is 18.2 Å². The van der Waals surface area contributed by atoms with Gasteiger partial charge in [0.1, 0.15) is 23.8 Å². The minimum atomic E-state index is -0.982. The predicted octanol–water partition coefficient (Wildman–Crippen LogP) is 2.65. The number of hydrogen-bond acceptors (Lipinski definition) is 6. The van der Waals surface area contributed by atoms with E-state index in [1.807, 2.05) is 6.07 Å². The number of carbonyl (C=O) groups is 2. The second-order valence-corrected chi connectivity index (χ2v) is 6.06. The molecule has 1 saturated heterocycles. The lowest BCUT2D eigenvalue weighted by Gasteiger charge is -2.24. The van der Waals surface area contributed by atoms with Crippen LogP contribution in [0.15, 0.2) is 54.1 Å². The van der Waals surface area contributed by atoms with Gasteiger partial charge in [0.05, 0.1) is 31.9 Å². The van der Waals surface area contributed by atoms with E-state index in [0.717, 1.165) is 4.90 Å². The van der Waals surface area contributed by atoms with Gasteiger partial charge < -0.3 is 19.5 Å². The first-order chi connectivity index (χ1) is 13.5. The number of ketones is 1. The van der Waals surface area contributed by atoms with Crippen molar-refractivity contribution in [3.05, 3.63) is 65.2 Å². The number of ether oxygens (including phenoxy) is 2. The molecule has 0 aliphatic carbocycles. The summed E-state index contributed by atoms with van der Waals surface area (Å²) in [6.07, 6.45) is 0. The largest absolute Gasteiger partial charge is 0.507 e. The monoisotopic (exact) mass is 378 g/mol. The Bertz CT molecular complexity index is 992. The second kappa shape index (κ2) is 7.84. The molecule has 3 rings (SSSR count). The molecular weight excluding hydrogens is 360 g/mol. The van der Waals surface area contributed by atoms with E-state index < -0.39 is 17.7 Å².